The van der Waals surface area contributed by atoms with Crippen LogP contribution >= 0.6 is 11.6 Å². The largest absolute Gasteiger partial charge is 0.494 e. The first-order chi connectivity index (χ1) is 6.58. The number of halogens is 2. The van der Waals surface area contributed by atoms with Crippen molar-refractivity contribution in [1.29, 1.82) is 0 Å². The van der Waals surface area contributed by atoms with Gasteiger partial charge in [-0.2, -0.15) is 0 Å². The summed E-state index contributed by atoms with van der Waals surface area (Å²) in [6, 6.07) is 2.99. The van der Waals surface area contributed by atoms with Crippen LogP contribution in [0, 0.1) is 5.82 Å². The SMILES string of the molecule is COc1ccc(Cl)c(C2(O)CC2)c1F. The van der Waals surface area contributed by atoms with E-state index in [-0.39, 0.29) is 16.3 Å². The second-order valence-corrected chi connectivity index (χ2v) is 3.88. The third kappa shape index (κ3) is 1.37. The minimum Gasteiger partial charge on any atom is -0.494 e. The zero-order valence-electron chi connectivity index (χ0n) is 7.68. The van der Waals surface area contributed by atoms with E-state index in [9.17, 15) is 9.50 Å². The molecule has 1 fully saturated rings. The molecule has 0 unspecified atom stereocenters. The van der Waals surface area contributed by atoms with Gasteiger partial charge >= 0.3 is 0 Å². The Kier molecular flexibility index (Phi) is 2.16. The molecule has 0 heterocycles. The predicted octanol–water partition coefficient (Wildman–Crippen LogP) is 2.47. The molecular weight excluding hydrogens is 207 g/mol. The third-order valence-electron chi connectivity index (χ3n) is 2.46. The molecule has 76 valence electrons. The molecule has 14 heavy (non-hydrogen) atoms. The van der Waals surface area contributed by atoms with Crippen molar-refractivity contribution >= 4 is 11.6 Å². The second-order valence-electron chi connectivity index (χ2n) is 3.47. The number of hydrogen-bond donors (Lipinski definition) is 1. The second kappa shape index (κ2) is 3.11. The van der Waals surface area contributed by atoms with Crippen LogP contribution < -0.4 is 4.74 Å². The van der Waals surface area contributed by atoms with Crippen LogP contribution in [-0.4, -0.2) is 12.2 Å². The highest BCUT2D eigenvalue weighted by molar-refractivity contribution is 6.31. The molecule has 0 aromatic heterocycles. The van der Waals surface area contributed by atoms with Crippen molar-refractivity contribution in [1.82, 2.24) is 0 Å². The molecule has 0 aliphatic heterocycles. The summed E-state index contributed by atoms with van der Waals surface area (Å²) in [6.45, 7) is 0. The number of rotatable bonds is 2. The van der Waals surface area contributed by atoms with Crippen molar-refractivity contribution in [2.24, 2.45) is 0 Å². The fourth-order valence-corrected chi connectivity index (χ4v) is 1.81. The molecule has 4 heteroatoms. The van der Waals surface area contributed by atoms with Crippen LogP contribution in [0.1, 0.15) is 18.4 Å². The van der Waals surface area contributed by atoms with Gasteiger partial charge in [0.25, 0.3) is 0 Å². The molecule has 1 aliphatic rings. The highest BCUT2D eigenvalue weighted by atomic mass is 35.5. The minimum atomic E-state index is -1.07. The molecule has 0 saturated heterocycles. The lowest BCUT2D eigenvalue weighted by atomic mass is 10.1. The fraction of sp³-hybridized carbons (Fsp3) is 0.400. The molecular formula is C10H10ClFO2. The van der Waals surface area contributed by atoms with Gasteiger partial charge in [0.2, 0.25) is 0 Å². The maximum Gasteiger partial charge on any atom is 0.172 e. The summed E-state index contributed by atoms with van der Waals surface area (Å²) in [4.78, 5) is 0. The standard InChI is InChI=1S/C10H10ClFO2/c1-14-7-3-2-6(11)8(9(7)12)10(13)4-5-10/h2-3,13H,4-5H2,1H3. The average Bonchev–Trinajstić information content (AvgIpc) is 2.85. The average molecular weight is 217 g/mol. The molecule has 1 N–H and O–H groups in total. The Morgan fingerprint density at radius 1 is 1.50 bits per heavy atom. The molecule has 1 aliphatic carbocycles. The van der Waals surface area contributed by atoms with Crippen LogP contribution in [0.3, 0.4) is 0 Å². The van der Waals surface area contributed by atoms with E-state index in [0.29, 0.717) is 12.8 Å². The van der Waals surface area contributed by atoms with E-state index in [4.69, 9.17) is 16.3 Å². The van der Waals surface area contributed by atoms with Crippen LogP contribution in [0.25, 0.3) is 0 Å². The molecule has 2 nitrogen and oxygen atoms in total. The van der Waals surface area contributed by atoms with E-state index >= 15 is 0 Å². The maximum absolute atomic E-state index is 13.7. The Balaban J connectivity index is 2.56. The predicted molar refractivity (Wildman–Crippen MR) is 51.1 cm³/mol. The van der Waals surface area contributed by atoms with Crippen LogP contribution in [0.4, 0.5) is 4.39 Å². The molecule has 0 atom stereocenters. The highest BCUT2D eigenvalue weighted by Gasteiger charge is 2.46. The van der Waals surface area contributed by atoms with Gasteiger partial charge in [0, 0.05) is 10.6 Å². The molecule has 1 saturated carbocycles. The molecule has 0 bridgehead atoms. The minimum absolute atomic E-state index is 0.115. The number of methoxy groups -OCH3 is 1. The summed E-state index contributed by atoms with van der Waals surface area (Å²) in [5.41, 5.74) is -0.908. The molecule has 0 spiro atoms. The summed E-state index contributed by atoms with van der Waals surface area (Å²) in [5.74, 6) is -0.440. The molecule has 1 aromatic carbocycles. The van der Waals surface area contributed by atoms with Crippen LogP contribution in [0.5, 0.6) is 5.75 Å². The maximum atomic E-state index is 13.7. The Morgan fingerprint density at radius 2 is 2.14 bits per heavy atom. The Labute approximate surface area is 86.3 Å². The van der Waals surface area contributed by atoms with Gasteiger partial charge in [0.15, 0.2) is 11.6 Å². The zero-order chi connectivity index (χ0) is 10.3. The van der Waals surface area contributed by atoms with Gasteiger partial charge in [0.05, 0.1) is 12.7 Å². The van der Waals surface area contributed by atoms with E-state index in [1.165, 1.54) is 19.2 Å². The number of aliphatic hydroxyl groups is 1. The molecule has 0 amide bonds. The van der Waals surface area contributed by atoms with Crippen molar-refractivity contribution in [2.75, 3.05) is 7.11 Å². The van der Waals surface area contributed by atoms with Crippen LogP contribution in [0.2, 0.25) is 5.02 Å². The topological polar surface area (TPSA) is 29.5 Å². The van der Waals surface area contributed by atoms with E-state index in [0.717, 1.165) is 0 Å². The van der Waals surface area contributed by atoms with E-state index in [1.54, 1.807) is 0 Å². The third-order valence-corrected chi connectivity index (χ3v) is 2.78. The van der Waals surface area contributed by atoms with Gasteiger partial charge in [-0.05, 0) is 25.0 Å². The lowest BCUT2D eigenvalue weighted by molar-refractivity contribution is 0.146. The van der Waals surface area contributed by atoms with Crippen LogP contribution in [0.15, 0.2) is 12.1 Å². The van der Waals surface area contributed by atoms with Gasteiger partial charge in [-0.15, -0.1) is 0 Å². The summed E-state index contributed by atoms with van der Waals surface area (Å²) in [7, 11) is 1.38. The van der Waals surface area contributed by atoms with Crippen molar-refractivity contribution in [3.05, 3.63) is 28.5 Å². The zero-order valence-corrected chi connectivity index (χ0v) is 8.44. The molecule has 2 rings (SSSR count). The summed E-state index contributed by atoms with van der Waals surface area (Å²) >= 11 is 5.83. The van der Waals surface area contributed by atoms with Crippen molar-refractivity contribution in [3.8, 4) is 5.75 Å². The first kappa shape index (κ1) is 9.74. The summed E-state index contributed by atoms with van der Waals surface area (Å²) in [5, 5.41) is 10.1. The normalized spacial score (nSPS) is 18.0. The van der Waals surface area contributed by atoms with E-state index in [2.05, 4.69) is 0 Å². The number of benzene rings is 1. The van der Waals surface area contributed by atoms with Crippen molar-refractivity contribution in [3.63, 3.8) is 0 Å². The van der Waals surface area contributed by atoms with Crippen LogP contribution in [-0.2, 0) is 5.60 Å². The lowest BCUT2D eigenvalue weighted by Crippen LogP contribution is -2.09. The van der Waals surface area contributed by atoms with E-state index < -0.39 is 11.4 Å². The number of ether oxygens (including phenoxy) is 1. The van der Waals surface area contributed by atoms with Gasteiger partial charge in [0.1, 0.15) is 0 Å². The quantitative estimate of drug-likeness (QED) is 0.823. The highest BCUT2D eigenvalue weighted by Crippen LogP contribution is 2.50. The first-order valence-corrected chi connectivity index (χ1v) is 4.71. The smallest absolute Gasteiger partial charge is 0.172 e. The summed E-state index contributed by atoms with van der Waals surface area (Å²) < 4.78 is 18.5. The summed E-state index contributed by atoms with van der Waals surface area (Å²) in [6.07, 6.45) is 1.10. The van der Waals surface area contributed by atoms with Gasteiger partial charge < -0.3 is 9.84 Å². The Morgan fingerprint density at radius 3 is 2.64 bits per heavy atom. The molecule has 1 aromatic rings. The fourth-order valence-electron chi connectivity index (χ4n) is 1.49. The lowest BCUT2D eigenvalue weighted by Gasteiger charge is -2.13. The van der Waals surface area contributed by atoms with Crippen molar-refractivity contribution in [2.45, 2.75) is 18.4 Å². The monoisotopic (exact) mass is 216 g/mol. The number of hydrogen-bond acceptors (Lipinski definition) is 2. The Bertz CT molecular complexity index is 375. The van der Waals surface area contributed by atoms with Gasteiger partial charge in [-0.25, -0.2) is 4.39 Å². The Hall–Kier alpha value is -0.800. The van der Waals surface area contributed by atoms with Gasteiger partial charge in [-0.1, -0.05) is 11.6 Å². The molecule has 0 radical (unpaired) electrons. The van der Waals surface area contributed by atoms with Crippen molar-refractivity contribution < 1.29 is 14.2 Å². The van der Waals surface area contributed by atoms with Gasteiger partial charge in [-0.3, -0.25) is 0 Å². The first-order valence-electron chi connectivity index (χ1n) is 4.33. The van der Waals surface area contributed by atoms with E-state index in [1.807, 2.05) is 0 Å².